The van der Waals surface area contributed by atoms with Crippen molar-refractivity contribution in [2.75, 3.05) is 14.2 Å². The normalized spacial score (nSPS) is 46.8. The molecule has 4 atom stereocenters. The summed E-state index contributed by atoms with van der Waals surface area (Å²) in [6.45, 7) is 7.77. The van der Waals surface area contributed by atoms with Crippen molar-refractivity contribution in [3.05, 3.63) is 0 Å². The standard InChI is InChI=1S/C11H22O4/c1-7-11(13-6)9(3)14-10(4,12-5)8(2)15-11/h8-9H,7H2,1-6H3. The molecule has 1 fully saturated rings. The fourth-order valence-electron chi connectivity index (χ4n) is 1.98. The minimum absolute atomic E-state index is 0.159. The molecule has 4 unspecified atom stereocenters. The Balaban J connectivity index is 2.87. The molecule has 4 nitrogen and oxygen atoms in total. The molecule has 15 heavy (non-hydrogen) atoms. The molecule has 4 heteroatoms. The lowest BCUT2D eigenvalue weighted by Crippen LogP contribution is -2.62. The monoisotopic (exact) mass is 218 g/mol. The molecule has 0 saturated carbocycles. The van der Waals surface area contributed by atoms with E-state index in [0.29, 0.717) is 0 Å². The van der Waals surface area contributed by atoms with Crippen molar-refractivity contribution in [1.29, 1.82) is 0 Å². The van der Waals surface area contributed by atoms with E-state index >= 15 is 0 Å². The van der Waals surface area contributed by atoms with E-state index in [1.165, 1.54) is 0 Å². The second-order valence-electron chi connectivity index (χ2n) is 4.11. The number of ether oxygens (including phenoxy) is 4. The number of hydrogen-bond acceptors (Lipinski definition) is 4. The maximum atomic E-state index is 5.92. The third-order valence-electron chi connectivity index (χ3n) is 3.39. The van der Waals surface area contributed by atoms with Crippen molar-refractivity contribution >= 4 is 0 Å². The highest BCUT2D eigenvalue weighted by Gasteiger charge is 2.51. The van der Waals surface area contributed by atoms with Crippen LogP contribution < -0.4 is 0 Å². The first-order valence-corrected chi connectivity index (χ1v) is 5.40. The Hall–Kier alpha value is -0.160. The van der Waals surface area contributed by atoms with Crippen molar-refractivity contribution < 1.29 is 18.9 Å². The largest absolute Gasteiger partial charge is 0.351 e. The molecule has 0 bridgehead atoms. The summed E-state index contributed by atoms with van der Waals surface area (Å²) in [5.74, 6) is -1.35. The van der Waals surface area contributed by atoms with Crippen LogP contribution in [0.2, 0.25) is 0 Å². The Kier molecular flexibility index (Phi) is 3.76. The molecule has 0 spiro atoms. The SMILES string of the molecule is CCC1(OC)OC(C)C(C)(OC)OC1C. The van der Waals surface area contributed by atoms with Crippen molar-refractivity contribution in [3.8, 4) is 0 Å². The Morgan fingerprint density at radius 3 is 2.07 bits per heavy atom. The van der Waals surface area contributed by atoms with E-state index in [4.69, 9.17) is 18.9 Å². The van der Waals surface area contributed by atoms with Crippen molar-refractivity contribution in [1.82, 2.24) is 0 Å². The van der Waals surface area contributed by atoms with Crippen LogP contribution in [0.5, 0.6) is 0 Å². The molecule has 0 aromatic heterocycles. The van der Waals surface area contributed by atoms with E-state index in [9.17, 15) is 0 Å². The average Bonchev–Trinajstić information content (AvgIpc) is 2.23. The highest BCUT2D eigenvalue weighted by Crippen LogP contribution is 2.38. The number of hydrogen-bond donors (Lipinski definition) is 0. The molecule has 1 heterocycles. The van der Waals surface area contributed by atoms with Gasteiger partial charge in [0.05, 0.1) is 0 Å². The first-order chi connectivity index (χ1) is 6.94. The summed E-state index contributed by atoms with van der Waals surface area (Å²) in [4.78, 5) is 0. The fraction of sp³-hybridized carbons (Fsp3) is 1.00. The van der Waals surface area contributed by atoms with E-state index in [-0.39, 0.29) is 12.2 Å². The minimum atomic E-state index is -0.698. The second kappa shape index (κ2) is 4.37. The molecule has 1 saturated heterocycles. The van der Waals surface area contributed by atoms with Crippen LogP contribution >= 0.6 is 0 Å². The molecule has 1 aliphatic heterocycles. The van der Waals surface area contributed by atoms with Gasteiger partial charge in [-0.15, -0.1) is 0 Å². The first kappa shape index (κ1) is 12.9. The van der Waals surface area contributed by atoms with Crippen molar-refractivity contribution in [2.45, 2.75) is 57.9 Å². The van der Waals surface area contributed by atoms with E-state index in [1.54, 1.807) is 14.2 Å². The van der Waals surface area contributed by atoms with Gasteiger partial charge in [-0.05, 0) is 20.8 Å². The summed E-state index contributed by atoms with van der Waals surface area (Å²) < 4.78 is 22.6. The molecule has 1 aliphatic rings. The van der Waals surface area contributed by atoms with Gasteiger partial charge in [-0.1, -0.05) is 6.92 Å². The predicted octanol–water partition coefficient (Wildman–Crippen LogP) is 1.93. The topological polar surface area (TPSA) is 36.9 Å². The van der Waals surface area contributed by atoms with Crippen LogP contribution in [-0.2, 0) is 18.9 Å². The molecule has 0 N–H and O–H groups in total. The van der Waals surface area contributed by atoms with E-state index < -0.39 is 11.6 Å². The van der Waals surface area contributed by atoms with Gasteiger partial charge >= 0.3 is 0 Å². The Morgan fingerprint density at radius 1 is 1.07 bits per heavy atom. The second-order valence-corrected chi connectivity index (χ2v) is 4.11. The zero-order chi connectivity index (χ0) is 11.7. The number of rotatable bonds is 3. The third kappa shape index (κ3) is 2.04. The zero-order valence-electron chi connectivity index (χ0n) is 10.5. The Labute approximate surface area is 91.8 Å². The maximum Gasteiger partial charge on any atom is 0.194 e. The van der Waals surface area contributed by atoms with Gasteiger partial charge in [0.15, 0.2) is 11.6 Å². The van der Waals surface area contributed by atoms with Crippen molar-refractivity contribution in [2.24, 2.45) is 0 Å². The van der Waals surface area contributed by atoms with E-state index in [1.807, 2.05) is 27.7 Å². The van der Waals surface area contributed by atoms with Gasteiger partial charge in [0.25, 0.3) is 0 Å². The summed E-state index contributed by atoms with van der Waals surface area (Å²) in [7, 11) is 3.27. The molecule has 0 aliphatic carbocycles. The number of methoxy groups -OCH3 is 2. The van der Waals surface area contributed by atoms with Gasteiger partial charge in [-0.3, -0.25) is 0 Å². The van der Waals surface area contributed by atoms with Crippen LogP contribution in [0.25, 0.3) is 0 Å². The summed E-state index contributed by atoms with van der Waals surface area (Å²) in [5.41, 5.74) is 0. The van der Waals surface area contributed by atoms with Gasteiger partial charge in [-0.2, -0.15) is 0 Å². The van der Waals surface area contributed by atoms with E-state index in [2.05, 4.69) is 0 Å². The maximum absolute atomic E-state index is 5.92. The summed E-state index contributed by atoms with van der Waals surface area (Å²) >= 11 is 0. The van der Waals surface area contributed by atoms with Gasteiger partial charge in [0.2, 0.25) is 0 Å². The van der Waals surface area contributed by atoms with Gasteiger partial charge < -0.3 is 18.9 Å². The lowest BCUT2D eigenvalue weighted by Gasteiger charge is -2.50. The van der Waals surface area contributed by atoms with Crippen LogP contribution in [-0.4, -0.2) is 38.0 Å². The average molecular weight is 218 g/mol. The zero-order valence-corrected chi connectivity index (χ0v) is 10.5. The third-order valence-corrected chi connectivity index (χ3v) is 3.39. The molecular formula is C11H22O4. The lowest BCUT2D eigenvalue weighted by atomic mass is 10.0. The smallest absolute Gasteiger partial charge is 0.194 e. The molecule has 0 amide bonds. The minimum Gasteiger partial charge on any atom is -0.351 e. The molecular weight excluding hydrogens is 196 g/mol. The highest BCUT2D eigenvalue weighted by atomic mass is 16.8. The lowest BCUT2D eigenvalue weighted by molar-refractivity contribution is -0.421. The first-order valence-electron chi connectivity index (χ1n) is 5.40. The van der Waals surface area contributed by atoms with Crippen LogP contribution in [0, 0.1) is 0 Å². The van der Waals surface area contributed by atoms with Crippen LogP contribution in [0.4, 0.5) is 0 Å². The molecule has 0 radical (unpaired) electrons. The van der Waals surface area contributed by atoms with Crippen LogP contribution in [0.15, 0.2) is 0 Å². The van der Waals surface area contributed by atoms with Gasteiger partial charge in [0, 0.05) is 20.6 Å². The van der Waals surface area contributed by atoms with Gasteiger partial charge in [0.1, 0.15) is 12.2 Å². The Bertz CT molecular complexity index is 215. The summed E-state index contributed by atoms with van der Waals surface area (Å²) in [5, 5.41) is 0. The summed E-state index contributed by atoms with van der Waals surface area (Å²) in [6.07, 6.45) is 0.418. The van der Waals surface area contributed by atoms with Crippen LogP contribution in [0.3, 0.4) is 0 Å². The molecule has 90 valence electrons. The van der Waals surface area contributed by atoms with Crippen LogP contribution in [0.1, 0.15) is 34.1 Å². The molecule has 1 rings (SSSR count). The van der Waals surface area contributed by atoms with E-state index in [0.717, 1.165) is 6.42 Å². The quantitative estimate of drug-likeness (QED) is 0.725. The summed E-state index contributed by atoms with van der Waals surface area (Å²) in [6, 6.07) is 0. The Morgan fingerprint density at radius 2 is 1.67 bits per heavy atom. The fourth-order valence-corrected chi connectivity index (χ4v) is 1.98. The molecule has 0 aromatic rings. The predicted molar refractivity (Wildman–Crippen MR) is 56.5 cm³/mol. The van der Waals surface area contributed by atoms with Crippen molar-refractivity contribution in [3.63, 3.8) is 0 Å². The molecule has 0 aromatic carbocycles. The van der Waals surface area contributed by atoms with Gasteiger partial charge in [-0.25, -0.2) is 0 Å². The highest BCUT2D eigenvalue weighted by molar-refractivity contribution is 4.88.